The Kier molecular flexibility index (Phi) is 8.09. The van der Waals surface area contributed by atoms with Gasteiger partial charge >= 0.3 is 0 Å². The van der Waals surface area contributed by atoms with E-state index in [2.05, 4.69) is 51.9 Å². The lowest BCUT2D eigenvalue weighted by molar-refractivity contribution is -0.118. The van der Waals surface area contributed by atoms with Crippen molar-refractivity contribution in [2.45, 2.75) is 21.4 Å². The maximum absolute atomic E-state index is 12.0. The Labute approximate surface area is 182 Å². The van der Waals surface area contributed by atoms with E-state index in [1.165, 1.54) is 34.2 Å². The van der Waals surface area contributed by atoms with Gasteiger partial charge in [-0.2, -0.15) is 5.10 Å². The van der Waals surface area contributed by atoms with Gasteiger partial charge in [-0.15, -0.1) is 10.2 Å². The summed E-state index contributed by atoms with van der Waals surface area (Å²) in [5, 5.41) is 12.3. The van der Waals surface area contributed by atoms with Gasteiger partial charge in [0.1, 0.15) is 5.75 Å². The summed E-state index contributed by atoms with van der Waals surface area (Å²) in [7, 11) is 1.59. The van der Waals surface area contributed by atoms with Crippen LogP contribution in [-0.2, 0) is 10.5 Å². The molecule has 0 aliphatic heterocycles. The molecule has 0 spiro atoms. The van der Waals surface area contributed by atoms with Gasteiger partial charge in [-0.05, 0) is 24.6 Å². The van der Waals surface area contributed by atoms with Crippen molar-refractivity contribution in [1.82, 2.24) is 15.6 Å². The minimum Gasteiger partial charge on any atom is -0.496 e. The number of carbonyl (C=O) groups is 1. The number of benzene rings is 2. The van der Waals surface area contributed by atoms with Crippen molar-refractivity contribution < 1.29 is 9.53 Å². The molecular formula is C20H20N4O2S3. The summed E-state index contributed by atoms with van der Waals surface area (Å²) in [5.41, 5.74) is 5.81. The SMILES string of the molecule is COc1ccccc1/C=N/NC(=O)CSc1nnc(SCc2ccc(C)cc2)s1. The van der Waals surface area contributed by atoms with Gasteiger partial charge in [0.05, 0.1) is 19.1 Å². The molecule has 0 radical (unpaired) electrons. The van der Waals surface area contributed by atoms with Crippen LogP contribution in [0.15, 0.2) is 62.3 Å². The second-order valence-corrected chi connectivity index (χ2v) is 9.35. The van der Waals surface area contributed by atoms with Crippen LogP contribution in [-0.4, -0.2) is 35.2 Å². The predicted octanol–water partition coefficient (Wildman–Crippen LogP) is 4.39. The molecule has 150 valence electrons. The molecule has 29 heavy (non-hydrogen) atoms. The second-order valence-electron chi connectivity index (χ2n) is 5.93. The van der Waals surface area contributed by atoms with E-state index in [0.717, 1.165) is 20.0 Å². The van der Waals surface area contributed by atoms with Crippen molar-refractivity contribution in [3.05, 3.63) is 65.2 Å². The average molecular weight is 445 g/mol. The largest absolute Gasteiger partial charge is 0.496 e. The molecule has 1 aromatic heterocycles. The molecule has 1 N–H and O–H groups in total. The van der Waals surface area contributed by atoms with Gasteiger partial charge in [0.2, 0.25) is 0 Å². The van der Waals surface area contributed by atoms with Crippen molar-refractivity contribution in [1.29, 1.82) is 0 Å². The molecule has 3 rings (SSSR count). The van der Waals surface area contributed by atoms with Gasteiger partial charge in [0.15, 0.2) is 8.68 Å². The molecule has 0 saturated heterocycles. The summed E-state index contributed by atoms with van der Waals surface area (Å²) in [4.78, 5) is 12.0. The number of nitrogens with one attached hydrogen (secondary N) is 1. The quantitative estimate of drug-likeness (QED) is 0.300. The molecule has 0 saturated carbocycles. The normalized spacial score (nSPS) is 11.0. The number of aromatic nitrogens is 2. The van der Waals surface area contributed by atoms with Crippen LogP contribution in [0.3, 0.4) is 0 Å². The Morgan fingerprint density at radius 1 is 1.14 bits per heavy atom. The van der Waals surface area contributed by atoms with Gasteiger partial charge in [-0.3, -0.25) is 4.79 Å². The summed E-state index contributed by atoms with van der Waals surface area (Å²) in [6.07, 6.45) is 1.56. The first-order valence-electron chi connectivity index (χ1n) is 8.73. The van der Waals surface area contributed by atoms with Crippen molar-refractivity contribution in [2.75, 3.05) is 12.9 Å². The molecule has 0 bridgehead atoms. The van der Waals surface area contributed by atoms with Crippen molar-refractivity contribution in [3.63, 3.8) is 0 Å². The Bertz CT molecular complexity index is 974. The van der Waals surface area contributed by atoms with E-state index < -0.39 is 0 Å². The topological polar surface area (TPSA) is 76.5 Å². The summed E-state index contributed by atoms with van der Waals surface area (Å²) < 4.78 is 6.90. The van der Waals surface area contributed by atoms with Crippen LogP contribution < -0.4 is 10.2 Å². The molecule has 3 aromatic rings. The van der Waals surface area contributed by atoms with Crippen LogP contribution >= 0.6 is 34.9 Å². The number of ether oxygens (including phenoxy) is 1. The maximum atomic E-state index is 12.0. The third-order valence-electron chi connectivity index (χ3n) is 3.73. The lowest BCUT2D eigenvalue weighted by atomic mass is 10.2. The highest BCUT2D eigenvalue weighted by Gasteiger charge is 2.09. The fourth-order valence-electron chi connectivity index (χ4n) is 2.25. The van der Waals surface area contributed by atoms with Crippen LogP contribution in [0.5, 0.6) is 5.75 Å². The first-order chi connectivity index (χ1) is 14.1. The number of hydrogen-bond donors (Lipinski definition) is 1. The van der Waals surface area contributed by atoms with E-state index in [9.17, 15) is 4.79 Å². The van der Waals surface area contributed by atoms with Gasteiger partial charge in [-0.1, -0.05) is 76.8 Å². The fraction of sp³-hybridized carbons (Fsp3) is 0.200. The Morgan fingerprint density at radius 2 is 1.86 bits per heavy atom. The first kappa shape index (κ1) is 21.4. The zero-order chi connectivity index (χ0) is 20.5. The van der Waals surface area contributed by atoms with E-state index in [4.69, 9.17) is 4.74 Å². The number of thioether (sulfide) groups is 2. The summed E-state index contributed by atoms with van der Waals surface area (Å²) in [6, 6.07) is 15.9. The van der Waals surface area contributed by atoms with Gasteiger partial charge < -0.3 is 4.74 Å². The van der Waals surface area contributed by atoms with Crippen molar-refractivity contribution >= 4 is 47.0 Å². The molecule has 9 heteroatoms. The third-order valence-corrected chi connectivity index (χ3v) is 6.99. The van der Waals surface area contributed by atoms with Crippen molar-refractivity contribution in [3.8, 4) is 5.75 Å². The van der Waals surface area contributed by atoms with Crippen LogP contribution in [0.25, 0.3) is 0 Å². The van der Waals surface area contributed by atoms with E-state index in [-0.39, 0.29) is 11.7 Å². The highest BCUT2D eigenvalue weighted by atomic mass is 32.2. The summed E-state index contributed by atoms with van der Waals surface area (Å²) in [6.45, 7) is 2.07. The number of methoxy groups -OCH3 is 1. The minimum absolute atomic E-state index is 0.204. The first-order valence-corrected chi connectivity index (χ1v) is 11.5. The van der Waals surface area contributed by atoms with Crippen LogP contribution in [0.4, 0.5) is 0 Å². The number of carbonyl (C=O) groups excluding carboxylic acids is 1. The lowest BCUT2D eigenvalue weighted by Crippen LogP contribution is -2.19. The van der Waals surface area contributed by atoms with E-state index in [0.29, 0.717) is 5.75 Å². The highest BCUT2D eigenvalue weighted by molar-refractivity contribution is 8.03. The fourth-order valence-corrected chi connectivity index (χ4v) is 5.02. The second kappa shape index (κ2) is 11.0. The molecule has 0 aliphatic carbocycles. The standard InChI is InChI=1S/C20H20N4O2S3/c1-14-7-9-15(10-8-14)12-27-19-23-24-20(29-19)28-13-18(25)22-21-11-16-5-3-4-6-17(16)26-2/h3-11H,12-13H2,1-2H3,(H,22,25)/b21-11+. The molecule has 1 amide bonds. The monoisotopic (exact) mass is 444 g/mol. The number of hydrazone groups is 1. The zero-order valence-electron chi connectivity index (χ0n) is 16.0. The van der Waals surface area contributed by atoms with E-state index >= 15 is 0 Å². The molecule has 2 aromatic carbocycles. The molecule has 0 unspecified atom stereocenters. The number of hydrogen-bond acceptors (Lipinski definition) is 8. The summed E-state index contributed by atoms with van der Waals surface area (Å²) >= 11 is 4.48. The predicted molar refractivity (Wildman–Crippen MR) is 120 cm³/mol. The molecule has 0 aliphatic rings. The molecular weight excluding hydrogens is 424 g/mol. The number of aryl methyl sites for hydroxylation is 1. The van der Waals surface area contributed by atoms with Crippen LogP contribution in [0.1, 0.15) is 16.7 Å². The zero-order valence-corrected chi connectivity index (χ0v) is 18.4. The Morgan fingerprint density at radius 3 is 2.62 bits per heavy atom. The van der Waals surface area contributed by atoms with Gasteiger partial charge in [-0.25, -0.2) is 5.43 Å². The smallest absolute Gasteiger partial charge is 0.250 e. The average Bonchev–Trinajstić information content (AvgIpc) is 3.20. The van der Waals surface area contributed by atoms with Crippen molar-refractivity contribution in [2.24, 2.45) is 5.10 Å². The highest BCUT2D eigenvalue weighted by Crippen LogP contribution is 2.30. The molecule has 6 nitrogen and oxygen atoms in total. The number of rotatable bonds is 9. The molecule has 1 heterocycles. The minimum atomic E-state index is -0.204. The third kappa shape index (κ3) is 6.88. The van der Waals surface area contributed by atoms with Gasteiger partial charge in [0.25, 0.3) is 5.91 Å². The number of para-hydroxylation sites is 1. The Hall–Kier alpha value is -2.36. The Balaban J connectivity index is 1.42. The number of amides is 1. The van der Waals surface area contributed by atoms with E-state index in [1.54, 1.807) is 25.1 Å². The van der Waals surface area contributed by atoms with E-state index in [1.807, 2.05) is 24.3 Å². The van der Waals surface area contributed by atoms with Crippen LogP contribution in [0, 0.1) is 6.92 Å². The van der Waals surface area contributed by atoms with Crippen LogP contribution in [0.2, 0.25) is 0 Å². The van der Waals surface area contributed by atoms with Gasteiger partial charge in [0, 0.05) is 11.3 Å². The molecule has 0 atom stereocenters. The number of nitrogens with zero attached hydrogens (tertiary/aromatic N) is 3. The summed E-state index contributed by atoms with van der Waals surface area (Å²) in [5.74, 6) is 1.56. The molecule has 0 fully saturated rings. The maximum Gasteiger partial charge on any atom is 0.250 e. The lowest BCUT2D eigenvalue weighted by Gasteiger charge is -2.03.